The first-order chi connectivity index (χ1) is 9.04. The maximum atomic E-state index is 12.3. The number of thiazole rings is 1. The van der Waals surface area contributed by atoms with Crippen molar-refractivity contribution in [1.29, 1.82) is 0 Å². The normalized spacial score (nSPS) is 13.2. The third kappa shape index (κ3) is 3.10. The summed E-state index contributed by atoms with van der Waals surface area (Å²) >= 11 is 1.40. The molecule has 0 bridgehead atoms. The Kier molecular flexibility index (Phi) is 4.15. The average Bonchev–Trinajstić information content (AvgIpc) is 2.92. The van der Waals surface area contributed by atoms with Crippen molar-refractivity contribution in [2.45, 2.75) is 17.9 Å². The second-order valence-electron chi connectivity index (χ2n) is 3.85. The third-order valence-electron chi connectivity index (χ3n) is 2.49. The van der Waals surface area contributed by atoms with E-state index < -0.39 is 16.1 Å². The van der Waals surface area contributed by atoms with E-state index in [2.05, 4.69) is 15.1 Å². The van der Waals surface area contributed by atoms with Crippen molar-refractivity contribution in [1.82, 2.24) is 9.71 Å². The molecule has 19 heavy (non-hydrogen) atoms. The fraction of sp³-hybridized carbons (Fsp3) is 0.182. The Morgan fingerprint density at radius 1 is 1.37 bits per heavy atom. The quantitative estimate of drug-likeness (QED) is 0.573. The molecule has 0 radical (unpaired) electrons. The second-order valence-corrected chi connectivity index (χ2v) is 6.46. The minimum atomic E-state index is -3.65. The van der Waals surface area contributed by atoms with Gasteiger partial charge in [-0.2, -0.15) is 0 Å². The summed E-state index contributed by atoms with van der Waals surface area (Å²) in [5.41, 5.74) is 2.73. The monoisotopic (exact) mass is 298 g/mol. The van der Waals surface area contributed by atoms with Gasteiger partial charge in [-0.25, -0.2) is 18.1 Å². The fourth-order valence-electron chi connectivity index (χ4n) is 1.62. The van der Waals surface area contributed by atoms with Crippen LogP contribution in [0.15, 0.2) is 40.7 Å². The van der Waals surface area contributed by atoms with Crippen molar-refractivity contribution < 1.29 is 8.42 Å². The van der Waals surface area contributed by atoms with Crippen LogP contribution in [0, 0.1) is 0 Å². The number of hydrazine groups is 1. The number of hydrogen-bond donors (Lipinski definition) is 3. The van der Waals surface area contributed by atoms with Gasteiger partial charge >= 0.3 is 0 Å². The molecule has 2 rings (SSSR count). The molecule has 0 aliphatic rings. The van der Waals surface area contributed by atoms with Gasteiger partial charge in [-0.3, -0.25) is 5.84 Å². The molecule has 102 valence electrons. The first-order valence-electron chi connectivity index (χ1n) is 5.52. The minimum Gasteiger partial charge on any atom is -0.323 e. The lowest BCUT2D eigenvalue weighted by Gasteiger charge is -2.14. The zero-order valence-corrected chi connectivity index (χ0v) is 11.8. The lowest BCUT2D eigenvalue weighted by Crippen LogP contribution is -2.28. The van der Waals surface area contributed by atoms with Crippen LogP contribution in [0.5, 0.6) is 0 Å². The lowest BCUT2D eigenvalue weighted by molar-refractivity contribution is 0.566. The Balaban J connectivity index is 2.28. The maximum Gasteiger partial charge on any atom is 0.243 e. The van der Waals surface area contributed by atoms with Gasteiger partial charge in [0.05, 0.1) is 11.7 Å². The molecule has 0 spiro atoms. The number of nitrogens with two attached hydrogens (primary N) is 1. The zero-order valence-electron chi connectivity index (χ0n) is 10.2. The number of nitrogen functional groups attached to an aromatic ring is 1. The molecule has 0 saturated heterocycles. The van der Waals surface area contributed by atoms with E-state index in [4.69, 9.17) is 5.84 Å². The molecule has 1 aromatic carbocycles. The van der Waals surface area contributed by atoms with Gasteiger partial charge in [0.1, 0.15) is 9.90 Å². The lowest BCUT2D eigenvalue weighted by atomic mass is 10.3. The van der Waals surface area contributed by atoms with E-state index in [0.717, 1.165) is 0 Å². The number of hydrogen-bond acceptors (Lipinski definition) is 6. The predicted molar refractivity (Wildman–Crippen MR) is 75.1 cm³/mol. The van der Waals surface area contributed by atoms with Crippen LogP contribution < -0.4 is 16.0 Å². The number of benzene rings is 1. The topological polar surface area (TPSA) is 97.1 Å². The van der Waals surface area contributed by atoms with Gasteiger partial charge in [-0.05, 0) is 19.1 Å². The first kappa shape index (κ1) is 13.9. The Bertz CT molecular complexity index is 640. The number of rotatable bonds is 5. The molecule has 8 heteroatoms. The van der Waals surface area contributed by atoms with Crippen molar-refractivity contribution >= 4 is 27.0 Å². The molecule has 6 nitrogen and oxygen atoms in total. The SMILES string of the molecule is CC(NS(=O)(=O)c1ccccc1NN)c1nccs1. The third-order valence-corrected chi connectivity index (χ3v) is 5.04. The van der Waals surface area contributed by atoms with Crippen LogP contribution in [0.25, 0.3) is 0 Å². The highest BCUT2D eigenvalue weighted by Crippen LogP contribution is 2.23. The van der Waals surface area contributed by atoms with E-state index >= 15 is 0 Å². The van der Waals surface area contributed by atoms with Crippen molar-refractivity contribution in [3.8, 4) is 0 Å². The van der Waals surface area contributed by atoms with Crippen LogP contribution >= 0.6 is 11.3 Å². The molecule has 1 heterocycles. The molecule has 0 amide bonds. The molecular formula is C11H14N4O2S2. The standard InChI is InChI=1S/C11H14N4O2S2/c1-8(11-13-6-7-18-11)15-19(16,17)10-5-3-2-4-9(10)14-12/h2-8,14-15H,12H2,1H3. The van der Waals surface area contributed by atoms with Crippen molar-refractivity contribution in [3.05, 3.63) is 40.8 Å². The fourth-order valence-corrected chi connectivity index (χ4v) is 3.71. The van der Waals surface area contributed by atoms with Crippen LogP contribution in [0.2, 0.25) is 0 Å². The van der Waals surface area contributed by atoms with E-state index in [1.807, 2.05) is 0 Å². The van der Waals surface area contributed by atoms with Gasteiger partial charge in [0.25, 0.3) is 0 Å². The molecule has 0 saturated carbocycles. The number of nitrogens with one attached hydrogen (secondary N) is 2. The van der Waals surface area contributed by atoms with Gasteiger partial charge in [0.2, 0.25) is 10.0 Å². The van der Waals surface area contributed by atoms with Crippen LogP contribution in [-0.4, -0.2) is 13.4 Å². The molecule has 0 fully saturated rings. The van der Waals surface area contributed by atoms with Crippen molar-refractivity contribution in [3.63, 3.8) is 0 Å². The highest BCUT2D eigenvalue weighted by Gasteiger charge is 2.22. The average molecular weight is 298 g/mol. The highest BCUT2D eigenvalue weighted by atomic mass is 32.2. The summed E-state index contributed by atoms with van der Waals surface area (Å²) in [5.74, 6) is 5.32. The second kappa shape index (κ2) is 5.66. The predicted octanol–water partition coefficient (Wildman–Crippen LogP) is 1.47. The summed E-state index contributed by atoms with van der Waals surface area (Å²) in [6.07, 6.45) is 1.64. The van der Waals surface area contributed by atoms with E-state index in [0.29, 0.717) is 10.7 Å². The van der Waals surface area contributed by atoms with E-state index in [1.165, 1.54) is 17.4 Å². The van der Waals surface area contributed by atoms with Gasteiger partial charge < -0.3 is 5.43 Å². The van der Waals surface area contributed by atoms with Crippen LogP contribution in [0.1, 0.15) is 18.0 Å². The number of anilines is 1. The van der Waals surface area contributed by atoms with Gasteiger partial charge in [-0.1, -0.05) is 12.1 Å². The largest absolute Gasteiger partial charge is 0.323 e. The number of aromatic nitrogens is 1. The number of para-hydroxylation sites is 1. The molecule has 1 unspecified atom stereocenters. The molecular weight excluding hydrogens is 284 g/mol. The summed E-state index contributed by atoms with van der Waals surface area (Å²) < 4.78 is 27.1. The zero-order chi connectivity index (χ0) is 13.9. The number of nitrogens with zero attached hydrogens (tertiary/aromatic N) is 1. The van der Waals surface area contributed by atoms with Crippen molar-refractivity contribution in [2.75, 3.05) is 5.43 Å². The number of sulfonamides is 1. The molecule has 0 aliphatic heterocycles. The van der Waals surface area contributed by atoms with Crippen LogP contribution in [-0.2, 0) is 10.0 Å². The van der Waals surface area contributed by atoms with Crippen molar-refractivity contribution in [2.24, 2.45) is 5.84 Å². The smallest absolute Gasteiger partial charge is 0.243 e. The van der Waals surface area contributed by atoms with E-state index in [9.17, 15) is 8.42 Å². The molecule has 1 atom stereocenters. The minimum absolute atomic E-state index is 0.112. The summed E-state index contributed by atoms with van der Waals surface area (Å²) in [5, 5.41) is 2.51. The Morgan fingerprint density at radius 3 is 2.74 bits per heavy atom. The van der Waals surface area contributed by atoms with Crippen LogP contribution in [0.4, 0.5) is 5.69 Å². The molecule has 1 aromatic heterocycles. The summed E-state index contributed by atoms with van der Waals surface area (Å²) in [6.45, 7) is 1.74. The molecule has 0 aliphatic carbocycles. The van der Waals surface area contributed by atoms with Gasteiger partial charge in [-0.15, -0.1) is 11.3 Å². The van der Waals surface area contributed by atoms with Gasteiger partial charge in [0, 0.05) is 11.6 Å². The highest BCUT2D eigenvalue weighted by molar-refractivity contribution is 7.89. The van der Waals surface area contributed by atoms with E-state index in [1.54, 1.807) is 36.7 Å². The van der Waals surface area contributed by atoms with Gasteiger partial charge in [0.15, 0.2) is 0 Å². The maximum absolute atomic E-state index is 12.3. The van der Waals surface area contributed by atoms with Crippen LogP contribution in [0.3, 0.4) is 0 Å². The molecule has 2 aromatic rings. The molecule has 4 N–H and O–H groups in total. The Morgan fingerprint density at radius 2 is 2.11 bits per heavy atom. The Hall–Kier alpha value is -1.48. The van der Waals surface area contributed by atoms with E-state index in [-0.39, 0.29) is 4.90 Å². The summed E-state index contributed by atoms with van der Waals surface area (Å²) in [4.78, 5) is 4.20. The summed E-state index contributed by atoms with van der Waals surface area (Å²) in [7, 11) is -3.65. The first-order valence-corrected chi connectivity index (χ1v) is 7.88. The Labute approximate surface area is 115 Å². The summed E-state index contributed by atoms with van der Waals surface area (Å²) in [6, 6.07) is 6.05.